The van der Waals surface area contributed by atoms with Gasteiger partial charge < -0.3 is 5.11 Å². The quantitative estimate of drug-likeness (QED) is 0.486. The summed E-state index contributed by atoms with van der Waals surface area (Å²) in [6.07, 6.45) is -1.04. The lowest BCUT2D eigenvalue weighted by Gasteiger charge is -2.35. The van der Waals surface area contributed by atoms with E-state index in [0.29, 0.717) is 5.88 Å². The molecule has 1 fully saturated rings. The van der Waals surface area contributed by atoms with Crippen LogP contribution in [-0.2, 0) is 10.1 Å². The highest BCUT2D eigenvalue weighted by molar-refractivity contribution is 7.85. The van der Waals surface area contributed by atoms with Gasteiger partial charge in [-0.25, -0.2) is 0 Å². The second kappa shape index (κ2) is 6.86. The van der Waals surface area contributed by atoms with E-state index < -0.39 is 22.0 Å². The van der Waals surface area contributed by atoms with Crippen LogP contribution < -0.4 is 0 Å². The van der Waals surface area contributed by atoms with Crippen molar-refractivity contribution in [1.29, 1.82) is 0 Å². The summed E-state index contributed by atoms with van der Waals surface area (Å²) in [6.45, 7) is 4.41. The molecule has 1 aliphatic heterocycles. The van der Waals surface area contributed by atoms with Crippen LogP contribution in [-0.4, -0.2) is 84.9 Å². The third kappa shape index (κ3) is 6.54. The minimum atomic E-state index is -4.10. The zero-order chi connectivity index (χ0) is 12.9. The monoisotopic (exact) mass is 286 g/mol. The van der Waals surface area contributed by atoms with Crippen LogP contribution in [0.2, 0.25) is 0 Å². The maximum Gasteiger partial charge on any atom is 0.267 e. The fourth-order valence-corrected chi connectivity index (χ4v) is 2.74. The molecule has 1 rings (SSSR count). The van der Waals surface area contributed by atoms with Crippen molar-refractivity contribution in [3.8, 4) is 0 Å². The van der Waals surface area contributed by atoms with Gasteiger partial charge in [0.1, 0.15) is 5.75 Å². The average molecular weight is 287 g/mol. The molecule has 1 atom stereocenters. The summed E-state index contributed by atoms with van der Waals surface area (Å²) in [4.78, 5) is 4.21. The van der Waals surface area contributed by atoms with Gasteiger partial charge in [-0.05, 0) is 0 Å². The van der Waals surface area contributed by atoms with Gasteiger partial charge in [0.05, 0.1) is 6.10 Å². The Hall–Kier alpha value is 0.0800. The number of aliphatic hydroxyl groups is 1. The molecule has 1 unspecified atom stereocenters. The predicted octanol–water partition coefficient (Wildman–Crippen LogP) is -0.908. The van der Waals surface area contributed by atoms with Crippen LogP contribution in [0.3, 0.4) is 0 Å². The third-order valence-electron chi connectivity index (χ3n) is 2.74. The molecule has 17 heavy (non-hydrogen) atoms. The standard InChI is InChI=1S/C9H19ClN2O4S/c10-1-2-11-3-5-12(6-4-11)7-9(13)8-17(14,15)16/h9,13H,1-8H2,(H,14,15,16). The first kappa shape index (κ1) is 15.1. The molecule has 0 aromatic carbocycles. The van der Waals surface area contributed by atoms with E-state index in [1.165, 1.54) is 0 Å². The van der Waals surface area contributed by atoms with Crippen molar-refractivity contribution in [2.24, 2.45) is 0 Å². The zero-order valence-corrected chi connectivity index (χ0v) is 11.2. The zero-order valence-electron chi connectivity index (χ0n) is 9.63. The van der Waals surface area contributed by atoms with Crippen LogP contribution in [0.1, 0.15) is 0 Å². The van der Waals surface area contributed by atoms with Crippen molar-refractivity contribution in [3.05, 3.63) is 0 Å². The van der Waals surface area contributed by atoms with Crippen molar-refractivity contribution in [1.82, 2.24) is 9.80 Å². The molecular formula is C9H19ClN2O4S. The van der Waals surface area contributed by atoms with Crippen LogP contribution in [0.25, 0.3) is 0 Å². The average Bonchev–Trinajstić information content (AvgIpc) is 2.18. The summed E-state index contributed by atoms with van der Waals surface area (Å²) < 4.78 is 29.7. The molecule has 0 radical (unpaired) electrons. The number of aliphatic hydroxyl groups excluding tert-OH is 1. The molecule has 2 N–H and O–H groups in total. The molecule has 0 spiro atoms. The number of β-amino-alcohol motifs (C(OH)–C–C–N with tert-alkyl or cyclic N) is 1. The van der Waals surface area contributed by atoms with Crippen molar-refractivity contribution < 1.29 is 18.1 Å². The molecule has 8 heteroatoms. The van der Waals surface area contributed by atoms with Gasteiger partial charge in [0.25, 0.3) is 10.1 Å². The first-order valence-corrected chi connectivity index (χ1v) is 7.69. The van der Waals surface area contributed by atoms with Gasteiger partial charge in [-0.2, -0.15) is 8.42 Å². The summed E-state index contributed by atoms with van der Waals surface area (Å²) in [5, 5.41) is 9.49. The number of rotatable bonds is 6. The van der Waals surface area contributed by atoms with Gasteiger partial charge in [-0.3, -0.25) is 14.4 Å². The molecule has 102 valence electrons. The summed E-state index contributed by atoms with van der Waals surface area (Å²) in [5.74, 6) is 0.000273. The van der Waals surface area contributed by atoms with Crippen LogP contribution in [0.5, 0.6) is 0 Å². The van der Waals surface area contributed by atoms with E-state index in [0.717, 1.165) is 32.7 Å². The van der Waals surface area contributed by atoms with Gasteiger partial charge >= 0.3 is 0 Å². The Morgan fingerprint density at radius 1 is 1.18 bits per heavy atom. The van der Waals surface area contributed by atoms with Gasteiger partial charge in [0.2, 0.25) is 0 Å². The Kier molecular flexibility index (Phi) is 6.11. The lowest BCUT2D eigenvalue weighted by atomic mass is 10.3. The van der Waals surface area contributed by atoms with Crippen molar-refractivity contribution in [2.45, 2.75) is 6.10 Å². The van der Waals surface area contributed by atoms with Gasteiger partial charge in [-0.1, -0.05) is 0 Å². The number of hydrogen-bond donors (Lipinski definition) is 2. The van der Waals surface area contributed by atoms with E-state index in [9.17, 15) is 13.5 Å². The summed E-state index contributed by atoms with van der Waals surface area (Å²) >= 11 is 5.64. The van der Waals surface area contributed by atoms with Crippen LogP contribution in [0.15, 0.2) is 0 Å². The lowest BCUT2D eigenvalue weighted by Crippen LogP contribution is -2.49. The molecule has 0 amide bonds. The van der Waals surface area contributed by atoms with E-state index in [1.54, 1.807) is 0 Å². The van der Waals surface area contributed by atoms with E-state index in [1.807, 2.05) is 4.90 Å². The minimum absolute atomic E-state index is 0.272. The lowest BCUT2D eigenvalue weighted by molar-refractivity contribution is 0.0838. The first-order chi connectivity index (χ1) is 7.90. The van der Waals surface area contributed by atoms with Crippen LogP contribution >= 0.6 is 11.6 Å². The summed E-state index contributed by atoms with van der Waals surface area (Å²) in [7, 11) is -4.10. The Labute approximate surface area is 107 Å². The largest absolute Gasteiger partial charge is 0.391 e. The van der Waals surface area contributed by atoms with Crippen molar-refractivity contribution in [3.63, 3.8) is 0 Å². The highest BCUT2D eigenvalue weighted by Gasteiger charge is 2.21. The summed E-state index contributed by atoms with van der Waals surface area (Å²) in [5.41, 5.74) is 0. The third-order valence-corrected chi connectivity index (χ3v) is 3.71. The molecule has 1 heterocycles. The Bertz CT molecular complexity index is 317. The highest BCUT2D eigenvalue weighted by Crippen LogP contribution is 2.03. The molecule has 0 aromatic heterocycles. The van der Waals surface area contributed by atoms with Gasteiger partial charge in [-0.15, -0.1) is 11.6 Å². The first-order valence-electron chi connectivity index (χ1n) is 5.54. The Balaban J connectivity index is 2.26. The van der Waals surface area contributed by atoms with Crippen LogP contribution in [0.4, 0.5) is 0 Å². The molecule has 0 aromatic rings. The predicted molar refractivity (Wildman–Crippen MR) is 66.0 cm³/mol. The van der Waals surface area contributed by atoms with Gasteiger partial charge in [0.15, 0.2) is 0 Å². The second-order valence-corrected chi connectivity index (χ2v) is 6.11. The Morgan fingerprint density at radius 2 is 1.71 bits per heavy atom. The highest BCUT2D eigenvalue weighted by atomic mass is 35.5. The number of alkyl halides is 1. The normalized spacial score (nSPS) is 21.6. The van der Waals surface area contributed by atoms with E-state index in [4.69, 9.17) is 16.2 Å². The number of nitrogens with zero attached hydrogens (tertiary/aromatic N) is 2. The van der Waals surface area contributed by atoms with Gasteiger partial charge in [0, 0.05) is 45.1 Å². The summed E-state index contributed by atoms with van der Waals surface area (Å²) in [6, 6.07) is 0. The van der Waals surface area contributed by atoms with E-state index >= 15 is 0 Å². The SMILES string of the molecule is O=S(=O)(O)CC(O)CN1CCN(CCCl)CC1. The smallest absolute Gasteiger partial charge is 0.267 e. The maximum absolute atomic E-state index is 10.6. The molecule has 0 saturated carbocycles. The Morgan fingerprint density at radius 3 is 2.18 bits per heavy atom. The molecule has 1 aliphatic rings. The topological polar surface area (TPSA) is 81.1 Å². The molecule has 6 nitrogen and oxygen atoms in total. The molecule has 0 bridgehead atoms. The van der Waals surface area contributed by atoms with Crippen molar-refractivity contribution in [2.75, 3.05) is 50.9 Å². The molecular weight excluding hydrogens is 268 g/mol. The number of halogens is 1. The minimum Gasteiger partial charge on any atom is -0.391 e. The van der Waals surface area contributed by atoms with E-state index in [2.05, 4.69) is 4.90 Å². The fourth-order valence-electron chi connectivity index (χ4n) is 1.91. The van der Waals surface area contributed by atoms with Crippen molar-refractivity contribution >= 4 is 21.7 Å². The molecule has 1 saturated heterocycles. The van der Waals surface area contributed by atoms with E-state index in [-0.39, 0.29) is 6.54 Å². The number of hydrogen-bond acceptors (Lipinski definition) is 5. The fraction of sp³-hybridized carbons (Fsp3) is 1.00. The molecule has 0 aliphatic carbocycles. The number of piperazine rings is 1. The second-order valence-electron chi connectivity index (χ2n) is 4.23. The maximum atomic E-state index is 10.6. The van der Waals surface area contributed by atoms with Crippen LogP contribution in [0, 0.1) is 0 Å².